The second kappa shape index (κ2) is 6.68. The van der Waals surface area contributed by atoms with Crippen LogP contribution in [-0.2, 0) is 16.6 Å². The number of aryl methyl sites for hydroxylation is 1. The molecule has 2 aromatic heterocycles. The number of anilines is 1. The molecule has 2 aromatic rings. The molecule has 0 aliphatic rings. The molecule has 2 heterocycles. The van der Waals surface area contributed by atoms with Crippen molar-refractivity contribution in [3.63, 3.8) is 0 Å². The van der Waals surface area contributed by atoms with Crippen molar-refractivity contribution >= 4 is 15.8 Å². The monoisotopic (exact) mass is 309 g/mol. The Morgan fingerprint density at radius 3 is 2.86 bits per heavy atom. The van der Waals surface area contributed by atoms with Crippen molar-refractivity contribution in [3.8, 4) is 0 Å². The minimum Gasteiger partial charge on any atom is -0.370 e. The smallest absolute Gasteiger partial charge is 0.240 e. The van der Waals surface area contributed by atoms with Crippen LogP contribution in [0.4, 0.5) is 5.82 Å². The fourth-order valence-electron chi connectivity index (χ4n) is 1.82. The Kier molecular flexibility index (Phi) is 4.92. The van der Waals surface area contributed by atoms with Crippen molar-refractivity contribution in [2.75, 3.05) is 18.4 Å². The summed E-state index contributed by atoms with van der Waals surface area (Å²) in [7, 11) is -3.54. The number of rotatable bonds is 7. The predicted octanol–water partition coefficient (Wildman–Crippen LogP) is 0.997. The van der Waals surface area contributed by atoms with Gasteiger partial charge in [-0.2, -0.15) is 5.10 Å². The average molecular weight is 309 g/mol. The van der Waals surface area contributed by atoms with Gasteiger partial charge in [0.05, 0.1) is 17.6 Å². The van der Waals surface area contributed by atoms with E-state index in [1.807, 2.05) is 20.0 Å². The van der Waals surface area contributed by atoms with Crippen molar-refractivity contribution < 1.29 is 8.42 Å². The first-order valence-corrected chi connectivity index (χ1v) is 8.18. The lowest BCUT2D eigenvalue weighted by atomic mass is 10.4. The van der Waals surface area contributed by atoms with E-state index in [1.54, 1.807) is 10.9 Å². The fourth-order valence-corrected chi connectivity index (χ4v) is 2.86. The molecular weight excluding hydrogens is 290 g/mol. The van der Waals surface area contributed by atoms with Gasteiger partial charge in [-0.15, -0.1) is 0 Å². The molecular formula is C13H19N5O2S. The summed E-state index contributed by atoms with van der Waals surface area (Å²) in [5.74, 6) is 0.545. The van der Waals surface area contributed by atoms with Gasteiger partial charge < -0.3 is 5.32 Å². The maximum atomic E-state index is 12.2. The van der Waals surface area contributed by atoms with Gasteiger partial charge in [0, 0.05) is 31.5 Å². The Morgan fingerprint density at radius 2 is 2.19 bits per heavy atom. The normalized spacial score (nSPS) is 11.5. The van der Waals surface area contributed by atoms with Gasteiger partial charge in [-0.1, -0.05) is 0 Å². The van der Waals surface area contributed by atoms with Gasteiger partial charge in [0.25, 0.3) is 0 Å². The summed E-state index contributed by atoms with van der Waals surface area (Å²) >= 11 is 0. The topological polar surface area (TPSA) is 88.9 Å². The van der Waals surface area contributed by atoms with E-state index < -0.39 is 10.0 Å². The molecule has 0 radical (unpaired) electrons. The van der Waals surface area contributed by atoms with Gasteiger partial charge in [0.15, 0.2) is 0 Å². The van der Waals surface area contributed by atoms with Gasteiger partial charge in [-0.25, -0.2) is 18.1 Å². The van der Waals surface area contributed by atoms with Crippen molar-refractivity contribution in [3.05, 3.63) is 36.3 Å². The molecule has 8 heteroatoms. The lowest BCUT2D eigenvalue weighted by Crippen LogP contribution is -2.27. The third-order valence-electron chi connectivity index (χ3n) is 2.79. The van der Waals surface area contributed by atoms with Crippen molar-refractivity contribution in [2.45, 2.75) is 25.3 Å². The van der Waals surface area contributed by atoms with Gasteiger partial charge in [-0.3, -0.25) is 4.68 Å². The Balaban J connectivity index is 1.99. The number of pyridine rings is 1. The van der Waals surface area contributed by atoms with E-state index in [4.69, 9.17) is 0 Å². The van der Waals surface area contributed by atoms with Crippen LogP contribution in [0.5, 0.6) is 0 Å². The maximum Gasteiger partial charge on any atom is 0.240 e. The number of aromatic nitrogens is 3. The fraction of sp³-hybridized carbons (Fsp3) is 0.385. The predicted molar refractivity (Wildman–Crippen MR) is 80.6 cm³/mol. The molecule has 0 saturated heterocycles. The third kappa shape index (κ3) is 4.27. The summed E-state index contributed by atoms with van der Waals surface area (Å²) in [6.07, 6.45) is 5.08. The molecule has 0 fully saturated rings. The molecule has 0 atom stereocenters. The second-order valence-electron chi connectivity index (χ2n) is 4.59. The maximum absolute atomic E-state index is 12.2. The van der Waals surface area contributed by atoms with E-state index >= 15 is 0 Å². The number of hydrogen-bond donors (Lipinski definition) is 2. The lowest BCUT2D eigenvalue weighted by Gasteiger charge is -2.08. The minimum atomic E-state index is -3.54. The molecule has 2 rings (SSSR count). The largest absolute Gasteiger partial charge is 0.370 e. The van der Waals surface area contributed by atoms with Crippen LogP contribution in [0.3, 0.4) is 0 Å². The molecule has 0 unspecified atom stereocenters. The van der Waals surface area contributed by atoms with Gasteiger partial charge >= 0.3 is 0 Å². The standard InChI is InChI=1S/C13H19N5O2S/c1-3-14-13-8-12(4-5-15-13)21(19,20)17-6-7-18-10-11(2)9-16-18/h4-5,8-10,17H,3,6-7H2,1-2H3,(H,14,15). The quantitative estimate of drug-likeness (QED) is 0.796. The van der Waals surface area contributed by atoms with Gasteiger partial charge in [0.1, 0.15) is 5.82 Å². The van der Waals surface area contributed by atoms with Crippen molar-refractivity contribution in [2.24, 2.45) is 0 Å². The van der Waals surface area contributed by atoms with E-state index in [-0.39, 0.29) is 11.4 Å². The molecule has 0 saturated carbocycles. The van der Waals surface area contributed by atoms with Gasteiger partial charge in [-0.05, 0) is 25.5 Å². The zero-order valence-electron chi connectivity index (χ0n) is 12.1. The molecule has 114 valence electrons. The van der Waals surface area contributed by atoms with E-state index in [9.17, 15) is 8.42 Å². The molecule has 7 nitrogen and oxygen atoms in total. The Labute approximate surface area is 124 Å². The first-order chi connectivity index (χ1) is 10.0. The third-order valence-corrected chi connectivity index (χ3v) is 4.25. The summed E-state index contributed by atoms with van der Waals surface area (Å²) in [6, 6.07) is 2.99. The van der Waals surface area contributed by atoms with Crippen LogP contribution in [0, 0.1) is 6.92 Å². The molecule has 0 aromatic carbocycles. The zero-order valence-corrected chi connectivity index (χ0v) is 12.9. The van der Waals surface area contributed by atoms with Crippen molar-refractivity contribution in [1.82, 2.24) is 19.5 Å². The van der Waals surface area contributed by atoms with Crippen LogP contribution >= 0.6 is 0 Å². The summed E-state index contributed by atoms with van der Waals surface area (Å²) in [4.78, 5) is 4.25. The lowest BCUT2D eigenvalue weighted by molar-refractivity contribution is 0.560. The molecule has 2 N–H and O–H groups in total. The zero-order chi connectivity index (χ0) is 15.3. The van der Waals surface area contributed by atoms with Gasteiger partial charge in [0.2, 0.25) is 10.0 Å². The van der Waals surface area contributed by atoms with Crippen LogP contribution in [0.25, 0.3) is 0 Å². The minimum absolute atomic E-state index is 0.199. The first-order valence-electron chi connectivity index (χ1n) is 6.70. The van der Waals surface area contributed by atoms with Crippen LogP contribution in [0.2, 0.25) is 0 Å². The van der Waals surface area contributed by atoms with E-state index in [2.05, 4.69) is 20.1 Å². The Hall–Kier alpha value is -1.93. The van der Waals surface area contributed by atoms with E-state index in [1.165, 1.54) is 18.3 Å². The molecule has 0 aliphatic carbocycles. The average Bonchev–Trinajstić information content (AvgIpc) is 2.85. The SMILES string of the molecule is CCNc1cc(S(=O)(=O)NCCn2cc(C)cn2)ccn1. The Morgan fingerprint density at radius 1 is 1.38 bits per heavy atom. The molecule has 0 spiro atoms. The first kappa shape index (κ1) is 15.5. The molecule has 0 amide bonds. The highest BCUT2D eigenvalue weighted by Crippen LogP contribution is 2.12. The highest BCUT2D eigenvalue weighted by atomic mass is 32.2. The number of nitrogens with one attached hydrogen (secondary N) is 2. The van der Waals surface area contributed by atoms with E-state index in [0.29, 0.717) is 18.9 Å². The molecule has 0 aliphatic heterocycles. The Bertz CT molecular complexity index is 696. The number of nitrogens with zero attached hydrogens (tertiary/aromatic N) is 3. The summed E-state index contributed by atoms with van der Waals surface area (Å²) < 4.78 is 28.6. The van der Waals surface area contributed by atoms with Crippen LogP contribution in [0.1, 0.15) is 12.5 Å². The summed E-state index contributed by atoms with van der Waals surface area (Å²) in [5, 5.41) is 7.10. The number of hydrogen-bond acceptors (Lipinski definition) is 5. The summed E-state index contributed by atoms with van der Waals surface area (Å²) in [5.41, 5.74) is 1.04. The highest BCUT2D eigenvalue weighted by molar-refractivity contribution is 7.89. The second-order valence-corrected chi connectivity index (χ2v) is 6.35. The van der Waals surface area contributed by atoms with Crippen LogP contribution in [0.15, 0.2) is 35.6 Å². The van der Waals surface area contributed by atoms with E-state index in [0.717, 1.165) is 5.56 Å². The van der Waals surface area contributed by atoms with Crippen LogP contribution < -0.4 is 10.0 Å². The van der Waals surface area contributed by atoms with Crippen molar-refractivity contribution in [1.29, 1.82) is 0 Å². The molecule has 0 bridgehead atoms. The highest BCUT2D eigenvalue weighted by Gasteiger charge is 2.14. The molecule has 21 heavy (non-hydrogen) atoms. The summed E-state index contributed by atoms with van der Waals surface area (Å²) in [6.45, 7) is 5.31. The number of sulfonamides is 1. The van der Waals surface area contributed by atoms with Crippen LogP contribution in [-0.4, -0.2) is 36.3 Å².